The fourth-order valence-corrected chi connectivity index (χ4v) is 5.11. The van der Waals surface area contributed by atoms with Crippen molar-refractivity contribution in [2.75, 3.05) is 13.7 Å². The number of esters is 2. The van der Waals surface area contributed by atoms with E-state index in [0.717, 1.165) is 16.4 Å². The molecular weight excluding hydrogens is 444 g/mol. The molecule has 0 bridgehead atoms. The molecule has 0 amide bonds. The number of carbonyl (C=O) groups excluding carboxylic acids is 2. The highest BCUT2D eigenvalue weighted by atomic mass is 32.2. The highest BCUT2D eigenvalue weighted by Gasteiger charge is 2.46. The molecule has 1 unspecified atom stereocenters. The lowest BCUT2D eigenvalue weighted by molar-refractivity contribution is -0.387. The molecule has 1 saturated heterocycles. The van der Waals surface area contributed by atoms with Gasteiger partial charge < -0.3 is 14.6 Å². The van der Waals surface area contributed by atoms with Crippen LogP contribution >= 0.6 is 0 Å². The summed E-state index contributed by atoms with van der Waals surface area (Å²) in [5, 5.41) is 21.3. The highest BCUT2D eigenvalue weighted by Crippen LogP contribution is 2.32. The maximum atomic E-state index is 13.1. The lowest BCUT2D eigenvalue weighted by Crippen LogP contribution is -2.41. The van der Waals surface area contributed by atoms with Crippen LogP contribution in [0.25, 0.3) is 0 Å². The molecule has 1 aliphatic rings. The van der Waals surface area contributed by atoms with Gasteiger partial charge in [0.2, 0.25) is 0 Å². The molecule has 32 heavy (non-hydrogen) atoms. The predicted molar refractivity (Wildman–Crippen MR) is 109 cm³/mol. The van der Waals surface area contributed by atoms with Crippen molar-refractivity contribution in [1.29, 1.82) is 0 Å². The topological polar surface area (TPSA) is 153 Å². The average molecular weight is 464 g/mol. The molecule has 170 valence electrons. The van der Waals surface area contributed by atoms with Crippen molar-refractivity contribution in [3.63, 3.8) is 0 Å². The number of ether oxygens (including phenoxy) is 2. The first kappa shape index (κ1) is 23.3. The van der Waals surface area contributed by atoms with E-state index >= 15 is 0 Å². The van der Waals surface area contributed by atoms with Crippen molar-refractivity contribution in [1.82, 2.24) is 4.31 Å². The minimum atomic E-state index is -4.46. The van der Waals surface area contributed by atoms with Gasteiger partial charge in [-0.15, -0.1) is 0 Å². The van der Waals surface area contributed by atoms with E-state index in [0.29, 0.717) is 11.1 Å². The maximum absolute atomic E-state index is 13.1. The monoisotopic (exact) mass is 464 g/mol. The molecule has 0 aromatic heterocycles. The summed E-state index contributed by atoms with van der Waals surface area (Å²) in [6, 6.07) is 9.50. The van der Waals surface area contributed by atoms with E-state index in [9.17, 15) is 33.2 Å². The van der Waals surface area contributed by atoms with Crippen molar-refractivity contribution in [3.05, 3.63) is 69.8 Å². The van der Waals surface area contributed by atoms with E-state index < -0.39 is 56.2 Å². The molecule has 11 nitrogen and oxygen atoms in total. The third-order valence-corrected chi connectivity index (χ3v) is 6.83. The van der Waals surface area contributed by atoms with Gasteiger partial charge in [-0.05, 0) is 23.8 Å². The summed E-state index contributed by atoms with van der Waals surface area (Å²) in [5.74, 6) is -1.43. The maximum Gasteiger partial charge on any atom is 0.337 e. The van der Waals surface area contributed by atoms with Gasteiger partial charge in [-0.25, -0.2) is 13.2 Å². The number of hydrogen-bond acceptors (Lipinski definition) is 9. The molecule has 2 aromatic carbocycles. The molecule has 0 radical (unpaired) electrons. The van der Waals surface area contributed by atoms with Crippen LogP contribution in [0.4, 0.5) is 5.69 Å². The Balaban J connectivity index is 1.77. The van der Waals surface area contributed by atoms with Crippen LogP contribution in [0.15, 0.2) is 53.4 Å². The van der Waals surface area contributed by atoms with Crippen LogP contribution < -0.4 is 0 Å². The molecule has 1 heterocycles. The Labute approximate surface area is 183 Å². The third kappa shape index (κ3) is 4.77. The number of hydrogen-bond donors (Lipinski definition) is 1. The third-order valence-electron chi connectivity index (χ3n) is 4.91. The molecule has 0 spiro atoms. The summed E-state index contributed by atoms with van der Waals surface area (Å²) in [7, 11) is -3.22. The van der Waals surface area contributed by atoms with E-state index in [1.165, 1.54) is 31.4 Å². The zero-order chi connectivity index (χ0) is 23.5. The lowest BCUT2D eigenvalue weighted by Gasteiger charge is -2.22. The van der Waals surface area contributed by atoms with Gasteiger partial charge in [0, 0.05) is 19.0 Å². The van der Waals surface area contributed by atoms with Crippen LogP contribution in [0.1, 0.15) is 22.3 Å². The highest BCUT2D eigenvalue weighted by molar-refractivity contribution is 7.89. The van der Waals surface area contributed by atoms with Crippen molar-refractivity contribution >= 4 is 27.6 Å². The zero-order valence-electron chi connectivity index (χ0n) is 16.9. The van der Waals surface area contributed by atoms with Crippen LogP contribution in [0, 0.1) is 10.1 Å². The van der Waals surface area contributed by atoms with Crippen molar-refractivity contribution in [3.8, 4) is 0 Å². The van der Waals surface area contributed by atoms with Crippen molar-refractivity contribution < 1.29 is 37.5 Å². The number of aliphatic hydroxyl groups excluding tert-OH is 1. The van der Waals surface area contributed by atoms with Crippen molar-refractivity contribution in [2.45, 2.75) is 30.1 Å². The summed E-state index contributed by atoms with van der Waals surface area (Å²) in [5.41, 5.74) is 0.215. The smallest absolute Gasteiger partial charge is 0.337 e. The van der Waals surface area contributed by atoms with Crippen LogP contribution in [-0.4, -0.2) is 60.5 Å². The van der Waals surface area contributed by atoms with Crippen LogP contribution in [0.2, 0.25) is 0 Å². The summed E-state index contributed by atoms with van der Waals surface area (Å²) >= 11 is 0. The second kappa shape index (κ2) is 9.42. The molecule has 2 aromatic rings. The number of methoxy groups -OCH3 is 1. The van der Waals surface area contributed by atoms with E-state index in [2.05, 4.69) is 4.74 Å². The van der Waals surface area contributed by atoms with Gasteiger partial charge in [-0.3, -0.25) is 14.9 Å². The van der Waals surface area contributed by atoms with E-state index in [1.807, 2.05) is 0 Å². The number of nitrogens with zero attached hydrogens (tertiary/aromatic N) is 2. The van der Waals surface area contributed by atoms with Gasteiger partial charge in [0.1, 0.15) is 12.6 Å². The average Bonchev–Trinajstić information content (AvgIpc) is 3.20. The first-order chi connectivity index (χ1) is 15.1. The Kier molecular flexibility index (Phi) is 6.87. The number of carbonyl (C=O) groups is 2. The SMILES string of the molecule is COC(=O)c1ccc(COC(=O)[C@@H]2CC(O)CN2S(=O)(=O)c2ccccc2[N+](=O)[O-])cc1. The van der Waals surface area contributed by atoms with Crippen molar-refractivity contribution in [2.24, 2.45) is 0 Å². The molecule has 0 aliphatic carbocycles. The molecule has 0 saturated carbocycles. The fourth-order valence-electron chi connectivity index (χ4n) is 3.32. The zero-order valence-corrected chi connectivity index (χ0v) is 17.7. The summed E-state index contributed by atoms with van der Waals surface area (Å²) < 4.78 is 36.7. The summed E-state index contributed by atoms with van der Waals surface area (Å²) in [4.78, 5) is 34.0. The number of nitro groups is 1. The van der Waals surface area contributed by atoms with Gasteiger partial charge in [0.25, 0.3) is 15.7 Å². The Hall–Kier alpha value is -3.35. The Morgan fingerprint density at radius 3 is 2.47 bits per heavy atom. The number of aliphatic hydroxyl groups is 1. The lowest BCUT2D eigenvalue weighted by atomic mass is 10.1. The Bertz CT molecular complexity index is 1130. The standard InChI is InChI=1S/C20H20N2O9S/c1-30-19(24)14-8-6-13(7-9-14)12-31-20(25)17-10-15(23)11-21(17)32(28,29)18-5-3-2-4-16(18)22(26)27/h2-9,15,17,23H,10-12H2,1H3/t15?,17-/m0/s1. The Morgan fingerprint density at radius 2 is 1.84 bits per heavy atom. The summed E-state index contributed by atoms with van der Waals surface area (Å²) in [6.07, 6.45) is -1.34. The Morgan fingerprint density at radius 1 is 1.19 bits per heavy atom. The largest absolute Gasteiger partial charge is 0.465 e. The van der Waals surface area contributed by atoms with Gasteiger partial charge >= 0.3 is 11.9 Å². The molecular formula is C20H20N2O9S. The first-order valence-electron chi connectivity index (χ1n) is 9.42. The van der Waals surface area contributed by atoms with Crippen LogP contribution in [-0.2, 0) is 30.9 Å². The quantitative estimate of drug-likeness (QED) is 0.362. The minimum Gasteiger partial charge on any atom is -0.465 e. The van der Waals surface area contributed by atoms with Gasteiger partial charge in [-0.1, -0.05) is 24.3 Å². The molecule has 1 aliphatic heterocycles. The van der Waals surface area contributed by atoms with E-state index in [1.54, 1.807) is 12.1 Å². The molecule has 1 N–H and O–H groups in total. The van der Waals surface area contributed by atoms with Crippen LogP contribution in [0.5, 0.6) is 0 Å². The van der Waals surface area contributed by atoms with Gasteiger partial charge in [-0.2, -0.15) is 4.31 Å². The number of nitro benzene ring substituents is 1. The predicted octanol–water partition coefficient (Wildman–Crippen LogP) is 1.25. The first-order valence-corrected chi connectivity index (χ1v) is 10.9. The molecule has 1 fully saturated rings. The second-order valence-electron chi connectivity index (χ2n) is 7.00. The van der Waals surface area contributed by atoms with Crippen LogP contribution in [0.3, 0.4) is 0 Å². The molecule has 3 rings (SSSR count). The summed E-state index contributed by atoms with van der Waals surface area (Å²) in [6.45, 7) is -0.603. The van der Waals surface area contributed by atoms with Gasteiger partial charge in [0.05, 0.1) is 23.7 Å². The normalized spacial score (nSPS) is 18.8. The number of para-hydroxylation sites is 1. The fraction of sp³-hybridized carbons (Fsp3) is 0.300. The van der Waals surface area contributed by atoms with E-state index in [-0.39, 0.29) is 13.0 Å². The number of sulfonamides is 1. The second-order valence-corrected chi connectivity index (χ2v) is 8.86. The number of rotatable bonds is 7. The number of benzene rings is 2. The number of β-amino-alcohol motifs (C(OH)–C–C–N with tert-alkyl or cyclic N) is 1. The minimum absolute atomic E-state index is 0.202. The molecule has 12 heteroatoms. The van der Waals surface area contributed by atoms with E-state index in [4.69, 9.17) is 4.74 Å². The van der Waals surface area contributed by atoms with Gasteiger partial charge in [0.15, 0.2) is 4.90 Å². The molecule has 2 atom stereocenters.